The molecule has 1 N–H and O–H groups in total. The van der Waals surface area contributed by atoms with E-state index in [0.29, 0.717) is 6.61 Å². The molecule has 1 atom stereocenters. The third-order valence-electron chi connectivity index (χ3n) is 3.31. The quantitative estimate of drug-likeness (QED) is 0.748. The Morgan fingerprint density at radius 1 is 1.40 bits per heavy atom. The lowest BCUT2D eigenvalue weighted by molar-refractivity contribution is 0.107. The maximum atomic E-state index is 9.61. The summed E-state index contributed by atoms with van der Waals surface area (Å²) < 4.78 is 0. The lowest BCUT2D eigenvalue weighted by atomic mass is 9.76. The van der Waals surface area contributed by atoms with Crippen LogP contribution in [0.4, 0.5) is 0 Å². The molecule has 0 saturated heterocycles. The molecule has 1 rings (SSSR count). The molecule has 0 aliphatic rings. The van der Waals surface area contributed by atoms with Gasteiger partial charge in [0.1, 0.15) is 0 Å². The van der Waals surface area contributed by atoms with Crippen molar-refractivity contribution in [3.05, 3.63) is 22.4 Å². The van der Waals surface area contributed by atoms with E-state index in [1.54, 1.807) is 11.3 Å². The number of thiophene rings is 1. The van der Waals surface area contributed by atoms with E-state index in [2.05, 4.69) is 30.7 Å². The van der Waals surface area contributed by atoms with Gasteiger partial charge in [0.25, 0.3) is 0 Å². The minimum Gasteiger partial charge on any atom is -0.396 e. The Labute approximate surface area is 97.2 Å². The molecule has 0 spiro atoms. The average Bonchev–Trinajstić information content (AvgIpc) is 2.77. The fourth-order valence-corrected chi connectivity index (χ4v) is 2.68. The molecule has 0 aromatic carbocycles. The van der Waals surface area contributed by atoms with Crippen molar-refractivity contribution in [2.24, 2.45) is 5.41 Å². The van der Waals surface area contributed by atoms with Crippen LogP contribution in [0.5, 0.6) is 0 Å². The first kappa shape index (κ1) is 12.7. The van der Waals surface area contributed by atoms with Gasteiger partial charge in [0.05, 0.1) is 0 Å². The number of hydrogen-bond acceptors (Lipinski definition) is 2. The van der Waals surface area contributed by atoms with Crippen LogP contribution < -0.4 is 0 Å². The van der Waals surface area contributed by atoms with Crippen LogP contribution in [0.3, 0.4) is 0 Å². The summed E-state index contributed by atoms with van der Waals surface area (Å²) >= 11 is 1.74. The molecule has 0 aliphatic heterocycles. The van der Waals surface area contributed by atoms with Gasteiger partial charge in [0.15, 0.2) is 0 Å². The van der Waals surface area contributed by atoms with E-state index in [-0.39, 0.29) is 5.41 Å². The number of aliphatic hydroxyl groups excluding tert-OH is 1. The zero-order valence-corrected chi connectivity index (χ0v) is 10.6. The van der Waals surface area contributed by atoms with Crippen molar-refractivity contribution in [2.75, 3.05) is 6.61 Å². The van der Waals surface area contributed by atoms with Crippen LogP contribution >= 0.6 is 11.3 Å². The molecule has 0 saturated carbocycles. The fourth-order valence-electron chi connectivity index (χ4n) is 2.01. The highest BCUT2D eigenvalue weighted by atomic mass is 32.1. The van der Waals surface area contributed by atoms with E-state index >= 15 is 0 Å². The maximum Gasteiger partial charge on any atom is 0.0490 e. The van der Waals surface area contributed by atoms with E-state index in [1.807, 2.05) is 0 Å². The molecule has 1 heterocycles. The van der Waals surface area contributed by atoms with Gasteiger partial charge in [-0.25, -0.2) is 0 Å². The van der Waals surface area contributed by atoms with Crippen LogP contribution in [0.2, 0.25) is 0 Å². The summed E-state index contributed by atoms with van der Waals surface area (Å²) in [6, 6.07) is 2.18. The summed E-state index contributed by atoms with van der Waals surface area (Å²) in [6.45, 7) is 4.72. The van der Waals surface area contributed by atoms with Gasteiger partial charge in [-0.15, -0.1) is 0 Å². The van der Waals surface area contributed by atoms with Gasteiger partial charge in [0.2, 0.25) is 0 Å². The fraction of sp³-hybridized carbons (Fsp3) is 0.692. The molecule has 1 nitrogen and oxygen atoms in total. The highest BCUT2D eigenvalue weighted by Gasteiger charge is 2.27. The van der Waals surface area contributed by atoms with E-state index in [9.17, 15) is 5.11 Å². The molecule has 1 aromatic rings. The smallest absolute Gasteiger partial charge is 0.0490 e. The van der Waals surface area contributed by atoms with Crippen LogP contribution in [0.25, 0.3) is 0 Å². The molecular formula is C13H22OS. The highest BCUT2D eigenvalue weighted by molar-refractivity contribution is 7.07. The lowest BCUT2D eigenvalue weighted by Gasteiger charge is -2.30. The second-order valence-electron chi connectivity index (χ2n) is 4.42. The second-order valence-corrected chi connectivity index (χ2v) is 5.20. The number of rotatable bonds is 7. The van der Waals surface area contributed by atoms with Crippen LogP contribution in [-0.4, -0.2) is 11.7 Å². The Morgan fingerprint density at radius 2 is 2.20 bits per heavy atom. The molecule has 86 valence electrons. The van der Waals surface area contributed by atoms with E-state index in [4.69, 9.17) is 0 Å². The third-order valence-corrected chi connectivity index (χ3v) is 4.04. The molecule has 0 fully saturated rings. The highest BCUT2D eigenvalue weighted by Crippen LogP contribution is 2.33. The zero-order chi connectivity index (χ0) is 11.1. The lowest BCUT2D eigenvalue weighted by Crippen LogP contribution is -2.27. The van der Waals surface area contributed by atoms with E-state index < -0.39 is 0 Å². The number of unbranched alkanes of at least 4 members (excludes halogenated alkanes) is 1. The predicted molar refractivity (Wildman–Crippen MR) is 67.4 cm³/mol. The number of hydrogen-bond donors (Lipinski definition) is 1. The summed E-state index contributed by atoms with van der Waals surface area (Å²) in [5, 5.41) is 13.9. The van der Waals surface area contributed by atoms with E-state index in [1.165, 1.54) is 18.4 Å². The van der Waals surface area contributed by atoms with Crippen LogP contribution in [0.1, 0.15) is 45.1 Å². The summed E-state index contributed by atoms with van der Waals surface area (Å²) in [7, 11) is 0. The van der Waals surface area contributed by atoms with Gasteiger partial charge in [0, 0.05) is 6.61 Å². The number of aliphatic hydroxyl groups is 1. The minimum absolute atomic E-state index is 0.122. The molecule has 0 bridgehead atoms. The predicted octanol–water partition coefficient (Wildman–Crippen LogP) is 3.87. The Hall–Kier alpha value is -0.340. The van der Waals surface area contributed by atoms with Crippen LogP contribution in [-0.2, 0) is 6.42 Å². The molecule has 0 aliphatic carbocycles. The standard InChI is InChI=1S/C13H22OS/c1-3-5-7-13(4-2,11-14)9-12-6-8-15-10-12/h6,8,10,14H,3-5,7,9,11H2,1-2H3. The van der Waals surface area contributed by atoms with Gasteiger partial charge in [-0.05, 0) is 47.1 Å². The molecule has 0 amide bonds. The Bertz CT molecular complexity index is 250. The maximum absolute atomic E-state index is 9.61. The summed E-state index contributed by atoms with van der Waals surface area (Å²) in [5.74, 6) is 0. The Balaban J connectivity index is 2.63. The van der Waals surface area contributed by atoms with Crippen molar-refractivity contribution in [1.82, 2.24) is 0 Å². The molecule has 0 radical (unpaired) electrons. The second kappa shape index (κ2) is 6.29. The van der Waals surface area contributed by atoms with Gasteiger partial charge < -0.3 is 5.11 Å². The molecule has 15 heavy (non-hydrogen) atoms. The molecular weight excluding hydrogens is 204 g/mol. The van der Waals surface area contributed by atoms with E-state index in [0.717, 1.165) is 19.3 Å². The Morgan fingerprint density at radius 3 is 2.67 bits per heavy atom. The summed E-state index contributed by atoms with van der Waals surface area (Å²) in [5.41, 5.74) is 1.50. The zero-order valence-electron chi connectivity index (χ0n) is 9.83. The van der Waals surface area contributed by atoms with Crippen molar-refractivity contribution in [3.63, 3.8) is 0 Å². The molecule has 2 heteroatoms. The van der Waals surface area contributed by atoms with Crippen molar-refractivity contribution < 1.29 is 5.11 Å². The van der Waals surface area contributed by atoms with Crippen molar-refractivity contribution in [1.29, 1.82) is 0 Å². The van der Waals surface area contributed by atoms with Crippen molar-refractivity contribution in [3.8, 4) is 0 Å². The minimum atomic E-state index is 0.122. The van der Waals surface area contributed by atoms with Crippen molar-refractivity contribution in [2.45, 2.75) is 46.0 Å². The van der Waals surface area contributed by atoms with Gasteiger partial charge in [-0.2, -0.15) is 11.3 Å². The first-order valence-corrected chi connectivity index (χ1v) is 6.82. The molecule has 1 unspecified atom stereocenters. The normalized spacial score (nSPS) is 15.1. The SMILES string of the molecule is CCCCC(CC)(CO)Cc1ccsc1. The Kier molecular flexibility index (Phi) is 5.34. The van der Waals surface area contributed by atoms with Gasteiger partial charge in [-0.3, -0.25) is 0 Å². The average molecular weight is 226 g/mol. The topological polar surface area (TPSA) is 20.2 Å². The first-order valence-electron chi connectivity index (χ1n) is 5.88. The largest absolute Gasteiger partial charge is 0.396 e. The first-order chi connectivity index (χ1) is 7.26. The van der Waals surface area contributed by atoms with Crippen molar-refractivity contribution >= 4 is 11.3 Å². The summed E-state index contributed by atoms with van der Waals surface area (Å²) in [6.07, 6.45) is 5.68. The molecule has 1 aromatic heterocycles. The summed E-state index contributed by atoms with van der Waals surface area (Å²) in [4.78, 5) is 0. The van der Waals surface area contributed by atoms with Crippen LogP contribution in [0, 0.1) is 5.41 Å². The monoisotopic (exact) mass is 226 g/mol. The van der Waals surface area contributed by atoms with Gasteiger partial charge in [-0.1, -0.05) is 26.7 Å². The third kappa shape index (κ3) is 3.62. The van der Waals surface area contributed by atoms with Gasteiger partial charge >= 0.3 is 0 Å². The van der Waals surface area contributed by atoms with Crippen LogP contribution in [0.15, 0.2) is 16.8 Å².